The lowest BCUT2D eigenvalue weighted by atomic mass is 9.44. The first-order chi connectivity index (χ1) is 19.9. The summed E-state index contributed by atoms with van der Waals surface area (Å²) in [6.45, 7) is 8.10. The van der Waals surface area contributed by atoms with E-state index in [0.717, 1.165) is 23.8 Å². The van der Waals surface area contributed by atoms with Crippen LogP contribution in [0.25, 0.3) is 0 Å². The number of hydrogen-bond acceptors (Lipinski definition) is 9. The Kier molecular flexibility index (Phi) is 8.14. The predicted molar refractivity (Wildman–Crippen MR) is 159 cm³/mol. The van der Waals surface area contributed by atoms with Crippen LogP contribution in [0, 0.1) is 51.8 Å². The molecule has 10 heteroatoms. The van der Waals surface area contributed by atoms with Gasteiger partial charge in [0.1, 0.15) is 0 Å². The van der Waals surface area contributed by atoms with E-state index in [2.05, 4.69) is 24.9 Å². The molecule has 4 aliphatic rings. The lowest BCUT2D eigenvalue weighted by Crippen LogP contribution is -2.63. The Morgan fingerprint density at radius 1 is 1.38 bits per heavy atom. The summed E-state index contributed by atoms with van der Waals surface area (Å²) in [5, 5.41) is 20.9. The van der Waals surface area contributed by atoms with E-state index in [4.69, 9.17) is 20.7 Å². The molecule has 0 amide bonds. The molecule has 1 aromatic rings. The molecule has 3 unspecified atom stereocenters. The van der Waals surface area contributed by atoms with Gasteiger partial charge in [-0.25, -0.2) is 9.98 Å². The summed E-state index contributed by atoms with van der Waals surface area (Å²) >= 11 is 0.905. The smallest absolute Gasteiger partial charge is 0.306 e. The van der Waals surface area contributed by atoms with Crippen molar-refractivity contribution >= 4 is 34.2 Å². The number of ether oxygens (including phenoxy) is 1. The van der Waals surface area contributed by atoms with E-state index in [1.54, 1.807) is 19.2 Å². The largest absolute Gasteiger partial charge is 0.449 e. The highest BCUT2D eigenvalue weighted by molar-refractivity contribution is 8.14. The van der Waals surface area contributed by atoms with Gasteiger partial charge in [0.2, 0.25) is 11.1 Å². The number of aliphatic hydroxyl groups is 1. The average Bonchev–Trinajstić information content (AvgIpc) is 3.24. The van der Waals surface area contributed by atoms with Gasteiger partial charge in [0.05, 0.1) is 35.5 Å². The van der Waals surface area contributed by atoms with Gasteiger partial charge in [-0.3, -0.25) is 9.59 Å². The fourth-order valence-corrected chi connectivity index (χ4v) is 9.77. The Balaban J connectivity index is 1.55. The zero-order valence-corrected chi connectivity index (χ0v) is 25.4. The number of aliphatic hydroxyl groups excluding tert-OH is 1. The van der Waals surface area contributed by atoms with Crippen LogP contribution in [0.15, 0.2) is 46.7 Å². The number of nitriles is 1. The number of esters is 1. The maximum Gasteiger partial charge on any atom is 0.306 e. The van der Waals surface area contributed by atoms with Crippen molar-refractivity contribution in [3.8, 4) is 6.07 Å². The molecule has 1 heterocycles. The summed E-state index contributed by atoms with van der Waals surface area (Å²) in [6, 6.07) is 4.87. The number of halogens is 1. The number of fused-ring (bicyclic) bond motifs is 5. The van der Waals surface area contributed by atoms with Crippen LogP contribution in [0.5, 0.6) is 0 Å². The molecule has 3 fully saturated rings. The molecule has 224 valence electrons. The summed E-state index contributed by atoms with van der Waals surface area (Å²) < 4.78 is 19.5. The van der Waals surface area contributed by atoms with E-state index in [1.807, 2.05) is 13.0 Å². The number of pyridine rings is 1. The van der Waals surface area contributed by atoms with Gasteiger partial charge in [0.15, 0.2) is 5.60 Å². The van der Waals surface area contributed by atoms with Gasteiger partial charge in [0.25, 0.3) is 0 Å². The van der Waals surface area contributed by atoms with Crippen molar-refractivity contribution < 1.29 is 23.8 Å². The molecule has 8 atom stereocenters. The van der Waals surface area contributed by atoms with Gasteiger partial charge in [-0.15, -0.1) is 0 Å². The van der Waals surface area contributed by atoms with Gasteiger partial charge in [-0.05, 0) is 91.2 Å². The molecule has 5 rings (SSSR count). The number of allylic oxidation sites excluding steroid dienone is 3. The number of nitrogens with zero attached hydrogens (tertiary/aromatic N) is 3. The van der Waals surface area contributed by atoms with Crippen molar-refractivity contribution in [1.82, 2.24) is 4.98 Å². The molecule has 3 N–H and O–H groups in total. The number of rotatable bonds is 5. The normalized spacial score (nSPS) is 39.1. The summed E-state index contributed by atoms with van der Waals surface area (Å²) in [5.74, 6) is -0.824. The number of thioether (sulfide) groups is 1. The molecular weight excluding hydrogens is 555 g/mol. The first-order valence-electron chi connectivity index (χ1n) is 14.7. The highest BCUT2D eigenvalue weighted by Crippen LogP contribution is 2.69. The van der Waals surface area contributed by atoms with E-state index in [1.165, 1.54) is 17.8 Å². The Labute approximate surface area is 250 Å². The maximum atomic E-state index is 13.7. The van der Waals surface area contributed by atoms with Crippen LogP contribution in [0.4, 0.5) is 10.1 Å². The minimum atomic E-state index is -1.38. The second-order valence-corrected chi connectivity index (χ2v) is 13.7. The van der Waals surface area contributed by atoms with Gasteiger partial charge in [-0.2, -0.15) is 9.65 Å². The number of nitrogens with two attached hydrogens (primary N) is 1. The van der Waals surface area contributed by atoms with Gasteiger partial charge < -0.3 is 15.6 Å². The van der Waals surface area contributed by atoms with Crippen LogP contribution < -0.4 is 5.73 Å². The molecular formula is C32H39FN4O4S. The van der Waals surface area contributed by atoms with Crippen molar-refractivity contribution in [2.75, 3.05) is 5.75 Å². The molecule has 4 aliphatic carbocycles. The second kappa shape index (κ2) is 11.2. The number of hydrogen-bond donors (Lipinski definition) is 2. The van der Waals surface area contributed by atoms with Gasteiger partial charge in [0, 0.05) is 11.8 Å². The molecule has 0 radical (unpaired) electrons. The molecule has 0 bridgehead atoms. The van der Waals surface area contributed by atoms with Crippen LogP contribution in [0.2, 0.25) is 0 Å². The van der Waals surface area contributed by atoms with Crippen LogP contribution in [0.1, 0.15) is 66.2 Å². The summed E-state index contributed by atoms with van der Waals surface area (Å²) in [7, 11) is 0. The molecule has 0 aromatic carbocycles. The van der Waals surface area contributed by atoms with Crippen molar-refractivity contribution in [2.24, 2.45) is 45.2 Å². The van der Waals surface area contributed by atoms with Crippen LogP contribution in [-0.4, -0.2) is 44.3 Å². The SMILES string of the molecule is CCC(=O)O[C@]1(C(=O)SCC#N)CCC2[C@@H]3C[C@H](C)C4=CC(=Nc5ccc(F)nc5)C(=CN)C[C@]4(C)C3C(O)C[C@@]21C. The van der Waals surface area contributed by atoms with Crippen molar-refractivity contribution in [3.63, 3.8) is 0 Å². The molecule has 8 nitrogen and oxygen atoms in total. The summed E-state index contributed by atoms with van der Waals surface area (Å²) in [6.07, 6.45) is 7.23. The molecule has 0 saturated heterocycles. The highest BCUT2D eigenvalue weighted by Gasteiger charge is 2.71. The Bertz CT molecular complexity index is 1400. The number of aromatic nitrogens is 1. The maximum absolute atomic E-state index is 13.7. The van der Waals surface area contributed by atoms with E-state index in [-0.39, 0.29) is 41.0 Å². The molecule has 3 saturated carbocycles. The average molecular weight is 595 g/mol. The quantitative estimate of drug-likeness (QED) is 0.341. The van der Waals surface area contributed by atoms with E-state index < -0.39 is 34.5 Å². The van der Waals surface area contributed by atoms with Crippen molar-refractivity contribution in [2.45, 2.75) is 77.9 Å². The standard InChI is InChI=1S/C32H39FN4O4S/c1-5-27(39)41-32(29(40)42-11-10-34)9-8-22-21-12-18(2)23-13-24(37-20-6-7-26(33)36-17-20)19(16-35)14-30(23,3)28(21)25(38)15-31(22,32)4/h6-7,13,16-18,21-22,25,28,38H,5,8-9,11-12,14-15,35H2,1-4H3/t18-,21-,22?,25?,28?,30-,31-,32-/m0/s1. The summed E-state index contributed by atoms with van der Waals surface area (Å²) in [4.78, 5) is 34.9. The van der Waals surface area contributed by atoms with Crippen molar-refractivity contribution in [3.05, 3.63) is 47.7 Å². The monoisotopic (exact) mass is 594 g/mol. The first kappa shape index (κ1) is 30.4. The zero-order valence-electron chi connectivity index (χ0n) is 24.6. The lowest BCUT2D eigenvalue weighted by Gasteiger charge is -2.62. The Morgan fingerprint density at radius 2 is 2.14 bits per heavy atom. The van der Waals surface area contributed by atoms with Crippen molar-refractivity contribution in [1.29, 1.82) is 5.26 Å². The third-order valence-electron chi connectivity index (χ3n) is 10.6. The fraction of sp³-hybridized carbons (Fsp3) is 0.594. The number of carbonyl (C=O) groups excluding carboxylic acids is 2. The highest BCUT2D eigenvalue weighted by atomic mass is 32.2. The number of aliphatic imine (C=N–C) groups is 1. The zero-order chi connectivity index (χ0) is 30.4. The van der Waals surface area contributed by atoms with E-state index >= 15 is 0 Å². The third kappa shape index (κ3) is 4.69. The molecule has 42 heavy (non-hydrogen) atoms. The van der Waals surface area contributed by atoms with E-state index in [9.17, 15) is 19.1 Å². The van der Waals surface area contributed by atoms with E-state index in [0.29, 0.717) is 37.1 Å². The fourth-order valence-electron chi connectivity index (χ4n) is 8.96. The molecule has 0 spiro atoms. The van der Waals surface area contributed by atoms with Gasteiger partial charge >= 0.3 is 5.97 Å². The first-order valence-corrected chi connectivity index (χ1v) is 15.7. The van der Waals surface area contributed by atoms with Crippen LogP contribution in [0.3, 0.4) is 0 Å². The second-order valence-electron chi connectivity index (χ2n) is 12.8. The Morgan fingerprint density at radius 3 is 2.79 bits per heavy atom. The van der Waals surface area contributed by atoms with Crippen LogP contribution in [-0.2, 0) is 14.3 Å². The molecule has 1 aromatic heterocycles. The Hall–Kier alpha value is -3.03. The summed E-state index contributed by atoms with van der Waals surface area (Å²) in [5.41, 5.74) is 6.89. The van der Waals surface area contributed by atoms with Crippen LogP contribution >= 0.6 is 11.8 Å². The third-order valence-corrected chi connectivity index (χ3v) is 11.5. The minimum Gasteiger partial charge on any atom is -0.449 e. The van der Waals surface area contributed by atoms with Gasteiger partial charge in [-0.1, -0.05) is 45.0 Å². The predicted octanol–water partition coefficient (Wildman–Crippen LogP) is 5.40. The lowest BCUT2D eigenvalue weighted by molar-refractivity contribution is -0.197. The minimum absolute atomic E-state index is 0.0189. The molecule has 0 aliphatic heterocycles. The number of carbonyl (C=O) groups is 2. The topological polar surface area (TPSA) is 139 Å².